The van der Waals surface area contributed by atoms with E-state index in [9.17, 15) is 9.18 Å². The van der Waals surface area contributed by atoms with Gasteiger partial charge in [0.05, 0.1) is 15.1 Å². The summed E-state index contributed by atoms with van der Waals surface area (Å²) in [6, 6.07) is 7.59. The van der Waals surface area contributed by atoms with Crippen LogP contribution in [0.15, 0.2) is 39.3 Å². The first-order valence-electron chi connectivity index (χ1n) is 5.51. The summed E-state index contributed by atoms with van der Waals surface area (Å²) in [5, 5.41) is -0.00902. The molecule has 20 heavy (non-hydrogen) atoms. The first-order chi connectivity index (χ1) is 9.38. The first kappa shape index (κ1) is 15.5. The van der Waals surface area contributed by atoms with Gasteiger partial charge in [-0.15, -0.1) is 0 Å². The van der Waals surface area contributed by atoms with Gasteiger partial charge in [-0.1, -0.05) is 27.5 Å². The molecule has 2 nitrogen and oxygen atoms in total. The topological polar surface area (TPSA) is 26.3 Å². The van der Waals surface area contributed by atoms with Crippen molar-refractivity contribution in [3.05, 3.63) is 55.7 Å². The average Bonchev–Trinajstić information content (AvgIpc) is 2.35. The minimum atomic E-state index is -0.593. The summed E-state index contributed by atoms with van der Waals surface area (Å²) in [6.07, 6.45) is 0. The normalized spacial score (nSPS) is 10.4. The number of hydrogen-bond donors (Lipinski definition) is 0. The maximum atomic E-state index is 13.5. The van der Waals surface area contributed by atoms with Crippen molar-refractivity contribution in [1.82, 2.24) is 0 Å². The Balaban J connectivity index is 2.47. The van der Waals surface area contributed by atoms with Gasteiger partial charge in [-0.2, -0.15) is 0 Å². The SMILES string of the molecule is CC(=O)c1ccc(Br)cc1Oc1cc(F)c(Cl)cc1Br. The zero-order valence-corrected chi connectivity index (χ0v) is 14.1. The third kappa shape index (κ3) is 3.40. The van der Waals surface area contributed by atoms with Crippen molar-refractivity contribution in [1.29, 1.82) is 0 Å². The van der Waals surface area contributed by atoms with Gasteiger partial charge < -0.3 is 4.74 Å². The molecule has 0 fully saturated rings. The molecule has 0 aliphatic heterocycles. The largest absolute Gasteiger partial charge is 0.455 e. The van der Waals surface area contributed by atoms with Crippen LogP contribution < -0.4 is 4.74 Å². The van der Waals surface area contributed by atoms with E-state index >= 15 is 0 Å². The smallest absolute Gasteiger partial charge is 0.163 e. The van der Waals surface area contributed by atoms with E-state index in [1.54, 1.807) is 18.2 Å². The van der Waals surface area contributed by atoms with Gasteiger partial charge in [-0.25, -0.2) is 4.39 Å². The highest BCUT2D eigenvalue weighted by molar-refractivity contribution is 9.10. The van der Waals surface area contributed by atoms with Crippen LogP contribution in [0.4, 0.5) is 4.39 Å². The van der Waals surface area contributed by atoms with Crippen molar-refractivity contribution in [2.45, 2.75) is 6.92 Å². The molecule has 2 aromatic carbocycles. The number of Topliss-reactive ketones (excluding diaryl/α,β-unsaturated/α-hetero) is 1. The lowest BCUT2D eigenvalue weighted by atomic mass is 10.1. The van der Waals surface area contributed by atoms with Crippen LogP contribution in [0.3, 0.4) is 0 Å². The Morgan fingerprint density at radius 1 is 1.20 bits per heavy atom. The predicted molar refractivity (Wildman–Crippen MR) is 83.3 cm³/mol. The molecule has 0 N–H and O–H groups in total. The van der Waals surface area contributed by atoms with Crippen molar-refractivity contribution < 1.29 is 13.9 Å². The second kappa shape index (κ2) is 6.24. The molecule has 0 radical (unpaired) electrons. The van der Waals surface area contributed by atoms with Gasteiger partial charge in [-0.3, -0.25) is 4.79 Å². The lowest BCUT2D eigenvalue weighted by Crippen LogP contribution is -1.98. The van der Waals surface area contributed by atoms with Crippen LogP contribution in [-0.2, 0) is 0 Å². The van der Waals surface area contributed by atoms with Gasteiger partial charge in [0, 0.05) is 10.5 Å². The monoisotopic (exact) mass is 420 g/mol. The van der Waals surface area contributed by atoms with Gasteiger partial charge in [0.25, 0.3) is 0 Å². The standard InChI is InChI=1S/C14H8Br2ClFO2/c1-7(19)9-3-2-8(15)4-13(9)20-14-6-12(18)11(17)5-10(14)16/h2-6H,1H3. The van der Waals surface area contributed by atoms with Crippen molar-refractivity contribution in [2.24, 2.45) is 0 Å². The zero-order valence-electron chi connectivity index (χ0n) is 10.2. The third-order valence-electron chi connectivity index (χ3n) is 2.52. The molecule has 0 atom stereocenters. The van der Waals surface area contributed by atoms with Crippen LogP contribution in [0.2, 0.25) is 5.02 Å². The van der Waals surface area contributed by atoms with Gasteiger partial charge >= 0.3 is 0 Å². The molecule has 0 heterocycles. The van der Waals surface area contributed by atoms with E-state index in [2.05, 4.69) is 31.9 Å². The van der Waals surface area contributed by atoms with Crippen molar-refractivity contribution in [2.75, 3.05) is 0 Å². The van der Waals surface area contributed by atoms with Crippen LogP contribution in [0.1, 0.15) is 17.3 Å². The van der Waals surface area contributed by atoms with E-state index in [4.69, 9.17) is 16.3 Å². The summed E-state index contributed by atoms with van der Waals surface area (Å²) in [5.74, 6) is -0.149. The molecule has 2 rings (SSSR count). The molecule has 0 aliphatic rings. The Labute approximate surface area is 137 Å². The van der Waals surface area contributed by atoms with E-state index in [0.29, 0.717) is 15.8 Å². The van der Waals surface area contributed by atoms with Crippen LogP contribution in [0, 0.1) is 5.82 Å². The number of carbonyl (C=O) groups is 1. The minimum Gasteiger partial charge on any atom is -0.455 e. The number of ketones is 1. The van der Waals surface area contributed by atoms with E-state index in [0.717, 1.165) is 10.5 Å². The van der Waals surface area contributed by atoms with Crippen molar-refractivity contribution in [3.8, 4) is 11.5 Å². The highest BCUT2D eigenvalue weighted by Crippen LogP contribution is 2.36. The molecular weight excluding hydrogens is 414 g/mol. The summed E-state index contributed by atoms with van der Waals surface area (Å²) in [4.78, 5) is 11.6. The molecule has 0 aromatic heterocycles. The molecular formula is C14H8Br2ClFO2. The molecule has 0 bridgehead atoms. The van der Waals surface area contributed by atoms with Gasteiger partial charge in [0.2, 0.25) is 0 Å². The second-order valence-electron chi connectivity index (χ2n) is 4.00. The van der Waals surface area contributed by atoms with Crippen LogP contribution in [0.5, 0.6) is 11.5 Å². The predicted octanol–water partition coefficient (Wildman–Crippen LogP) is 6.00. The van der Waals surface area contributed by atoms with E-state index in [1.807, 2.05) is 0 Å². The van der Waals surface area contributed by atoms with Gasteiger partial charge in [-0.05, 0) is 47.1 Å². The number of hydrogen-bond acceptors (Lipinski definition) is 2. The fourth-order valence-electron chi connectivity index (χ4n) is 1.57. The molecule has 0 saturated heterocycles. The summed E-state index contributed by atoms with van der Waals surface area (Å²) in [5.41, 5.74) is 0.412. The maximum absolute atomic E-state index is 13.5. The fourth-order valence-corrected chi connectivity index (χ4v) is 2.63. The van der Waals surface area contributed by atoms with Crippen molar-refractivity contribution in [3.63, 3.8) is 0 Å². The Bertz CT molecular complexity index is 689. The Hall–Kier alpha value is -0.910. The number of halogens is 4. The minimum absolute atomic E-state index is 0.00902. The molecule has 0 aliphatic carbocycles. The highest BCUT2D eigenvalue weighted by Gasteiger charge is 2.13. The first-order valence-corrected chi connectivity index (χ1v) is 7.47. The lowest BCUT2D eigenvalue weighted by molar-refractivity contribution is 0.101. The summed E-state index contributed by atoms with van der Waals surface area (Å²) < 4.78 is 20.4. The maximum Gasteiger partial charge on any atom is 0.163 e. The van der Waals surface area contributed by atoms with Gasteiger partial charge in [0.1, 0.15) is 17.3 Å². The Morgan fingerprint density at radius 3 is 2.55 bits per heavy atom. The fraction of sp³-hybridized carbons (Fsp3) is 0.0714. The number of rotatable bonds is 3. The van der Waals surface area contributed by atoms with E-state index in [-0.39, 0.29) is 16.6 Å². The van der Waals surface area contributed by atoms with E-state index in [1.165, 1.54) is 13.0 Å². The quantitative estimate of drug-likeness (QED) is 0.448. The summed E-state index contributed by atoms with van der Waals surface area (Å²) in [6.45, 7) is 1.44. The third-order valence-corrected chi connectivity index (χ3v) is 3.92. The number of ether oxygens (including phenoxy) is 1. The molecule has 0 spiro atoms. The Morgan fingerprint density at radius 2 is 1.90 bits per heavy atom. The molecule has 0 amide bonds. The zero-order chi connectivity index (χ0) is 14.9. The molecule has 6 heteroatoms. The Kier molecular flexibility index (Phi) is 4.83. The molecule has 0 saturated carbocycles. The van der Waals surface area contributed by atoms with E-state index < -0.39 is 5.82 Å². The van der Waals surface area contributed by atoms with Crippen molar-refractivity contribution >= 4 is 49.2 Å². The van der Waals surface area contributed by atoms with Crippen LogP contribution >= 0.6 is 43.5 Å². The number of carbonyl (C=O) groups excluding carboxylic acids is 1. The second-order valence-corrected chi connectivity index (χ2v) is 6.17. The molecule has 104 valence electrons. The van der Waals surface area contributed by atoms with Gasteiger partial charge in [0.15, 0.2) is 5.78 Å². The summed E-state index contributed by atoms with van der Waals surface area (Å²) in [7, 11) is 0. The van der Waals surface area contributed by atoms with Crippen LogP contribution in [-0.4, -0.2) is 5.78 Å². The molecule has 2 aromatic rings. The molecule has 0 unspecified atom stereocenters. The average molecular weight is 422 g/mol. The van der Waals surface area contributed by atoms with Crippen LogP contribution in [0.25, 0.3) is 0 Å². The lowest BCUT2D eigenvalue weighted by Gasteiger charge is -2.12. The number of benzene rings is 2. The highest BCUT2D eigenvalue weighted by atomic mass is 79.9. The summed E-state index contributed by atoms with van der Waals surface area (Å²) >= 11 is 12.2.